The van der Waals surface area contributed by atoms with Crippen LogP contribution in [0.25, 0.3) is 0 Å². The zero-order valence-electron chi connectivity index (χ0n) is 14.6. The molecule has 1 aliphatic rings. The number of benzene rings is 1. The number of carbonyl (C=O) groups excluding carboxylic acids is 2. The number of nitrogens with one attached hydrogen (secondary N) is 1. The zero-order chi connectivity index (χ0) is 18.8. The molecule has 2 amide bonds. The van der Waals surface area contributed by atoms with Crippen molar-refractivity contribution in [1.82, 2.24) is 4.90 Å². The number of aliphatic carboxylic acids is 1. The largest absolute Gasteiger partial charge is 0.481 e. The van der Waals surface area contributed by atoms with Crippen LogP contribution in [0.4, 0.5) is 5.69 Å². The molecule has 2 atom stereocenters. The highest BCUT2D eigenvalue weighted by Crippen LogP contribution is 2.26. The van der Waals surface area contributed by atoms with Crippen molar-refractivity contribution in [3.05, 3.63) is 53.5 Å². The normalized spacial score (nSPS) is 19.4. The van der Waals surface area contributed by atoms with E-state index in [2.05, 4.69) is 5.32 Å². The van der Waals surface area contributed by atoms with Crippen LogP contribution < -0.4 is 5.32 Å². The molecule has 0 unspecified atom stereocenters. The molecule has 0 radical (unpaired) electrons. The van der Waals surface area contributed by atoms with Gasteiger partial charge in [-0.25, -0.2) is 0 Å². The topological polar surface area (TPSA) is 99.9 Å². The van der Waals surface area contributed by atoms with Gasteiger partial charge in [0.1, 0.15) is 0 Å². The molecule has 1 aromatic heterocycles. The molecule has 3 rings (SSSR count). The molecule has 2 aromatic rings. The second-order valence-corrected chi connectivity index (χ2v) is 6.59. The number of hydrogen-bond donors (Lipinski definition) is 2. The third-order valence-electron chi connectivity index (χ3n) is 4.69. The molecule has 1 saturated heterocycles. The number of hydrogen-bond acceptors (Lipinski definition) is 4. The van der Waals surface area contributed by atoms with Crippen molar-refractivity contribution in [3.8, 4) is 0 Å². The van der Waals surface area contributed by atoms with Crippen molar-refractivity contribution in [2.24, 2.45) is 11.8 Å². The first-order valence-corrected chi connectivity index (χ1v) is 8.34. The number of likely N-dealkylation sites (tertiary alicyclic amines) is 1. The van der Waals surface area contributed by atoms with Crippen molar-refractivity contribution in [2.45, 2.75) is 13.8 Å². The molecule has 0 aliphatic carbocycles. The minimum atomic E-state index is -0.886. The third kappa shape index (κ3) is 3.46. The summed E-state index contributed by atoms with van der Waals surface area (Å²) in [4.78, 5) is 37.7. The number of amides is 2. The van der Waals surface area contributed by atoms with Crippen molar-refractivity contribution >= 4 is 23.5 Å². The number of rotatable bonds is 4. The van der Waals surface area contributed by atoms with Gasteiger partial charge in [-0.1, -0.05) is 13.0 Å². The maximum absolute atomic E-state index is 12.7. The summed E-state index contributed by atoms with van der Waals surface area (Å²) in [6, 6.07) is 8.21. The summed E-state index contributed by atoms with van der Waals surface area (Å²) in [5, 5.41) is 12.0. The number of carbonyl (C=O) groups is 3. The second kappa shape index (κ2) is 7.03. The van der Waals surface area contributed by atoms with Gasteiger partial charge in [0.05, 0.1) is 12.2 Å². The van der Waals surface area contributed by atoms with Gasteiger partial charge in [0, 0.05) is 24.3 Å². The van der Waals surface area contributed by atoms with E-state index in [1.54, 1.807) is 35.2 Å². The Morgan fingerprint density at radius 3 is 2.62 bits per heavy atom. The van der Waals surface area contributed by atoms with Gasteiger partial charge in [0.25, 0.3) is 11.8 Å². The molecular formula is C19H20N2O5. The van der Waals surface area contributed by atoms with Crippen LogP contribution in [0.3, 0.4) is 0 Å². The van der Waals surface area contributed by atoms with Gasteiger partial charge in [-0.15, -0.1) is 0 Å². The van der Waals surface area contributed by atoms with Crippen LogP contribution in [-0.4, -0.2) is 40.9 Å². The van der Waals surface area contributed by atoms with E-state index in [1.165, 1.54) is 6.26 Å². The molecule has 1 aliphatic heterocycles. The maximum atomic E-state index is 12.7. The summed E-state index contributed by atoms with van der Waals surface area (Å²) in [6.07, 6.45) is 1.41. The summed E-state index contributed by atoms with van der Waals surface area (Å²) in [7, 11) is 0. The lowest BCUT2D eigenvalue weighted by molar-refractivity contribution is -0.142. The molecular weight excluding hydrogens is 336 g/mol. The van der Waals surface area contributed by atoms with Crippen LogP contribution in [0, 0.1) is 18.8 Å². The van der Waals surface area contributed by atoms with Gasteiger partial charge in [-0.3, -0.25) is 14.4 Å². The average molecular weight is 356 g/mol. The van der Waals surface area contributed by atoms with Gasteiger partial charge in [-0.05, 0) is 42.7 Å². The fraction of sp³-hybridized carbons (Fsp3) is 0.316. The molecule has 1 fully saturated rings. The first kappa shape index (κ1) is 17.7. The molecule has 0 spiro atoms. The molecule has 7 nitrogen and oxygen atoms in total. The fourth-order valence-corrected chi connectivity index (χ4v) is 3.12. The summed E-state index contributed by atoms with van der Waals surface area (Å²) < 4.78 is 5.07. The first-order valence-electron chi connectivity index (χ1n) is 8.34. The van der Waals surface area contributed by atoms with E-state index >= 15 is 0 Å². The predicted octanol–water partition coefficient (Wildman–Crippen LogP) is 2.63. The minimum Gasteiger partial charge on any atom is -0.481 e. The summed E-state index contributed by atoms with van der Waals surface area (Å²) in [5.41, 5.74) is 1.72. The van der Waals surface area contributed by atoms with Crippen LogP contribution in [-0.2, 0) is 4.79 Å². The van der Waals surface area contributed by atoms with E-state index in [0.29, 0.717) is 17.8 Å². The van der Waals surface area contributed by atoms with Crippen molar-refractivity contribution in [3.63, 3.8) is 0 Å². The average Bonchev–Trinajstić information content (AvgIpc) is 3.25. The molecule has 26 heavy (non-hydrogen) atoms. The van der Waals surface area contributed by atoms with E-state index in [9.17, 15) is 19.5 Å². The second-order valence-electron chi connectivity index (χ2n) is 6.59. The van der Waals surface area contributed by atoms with E-state index in [1.807, 2.05) is 13.8 Å². The smallest absolute Gasteiger partial charge is 0.308 e. The lowest BCUT2D eigenvalue weighted by Crippen LogP contribution is -2.30. The summed E-state index contributed by atoms with van der Waals surface area (Å²) in [5.74, 6) is -2.00. The Bertz CT molecular complexity index is 844. The third-order valence-corrected chi connectivity index (χ3v) is 4.69. The Morgan fingerprint density at radius 1 is 1.23 bits per heavy atom. The predicted molar refractivity (Wildman–Crippen MR) is 94.0 cm³/mol. The van der Waals surface area contributed by atoms with Crippen LogP contribution in [0.5, 0.6) is 0 Å². The van der Waals surface area contributed by atoms with Crippen LogP contribution in [0.1, 0.15) is 33.4 Å². The molecule has 0 saturated carbocycles. The lowest BCUT2D eigenvalue weighted by Gasteiger charge is -2.17. The SMILES string of the molecule is Cc1ccc(C(=O)N2C[C@@H](C)[C@H](C(=O)O)C2)cc1NC(=O)c1ccco1. The Hall–Kier alpha value is -3.09. The summed E-state index contributed by atoms with van der Waals surface area (Å²) in [6.45, 7) is 4.25. The fourth-order valence-electron chi connectivity index (χ4n) is 3.12. The van der Waals surface area contributed by atoms with Gasteiger partial charge in [0.2, 0.25) is 0 Å². The zero-order valence-corrected chi connectivity index (χ0v) is 14.6. The van der Waals surface area contributed by atoms with Gasteiger partial charge in [0.15, 0.2) is 5.76 Å². The summed E-state index contributed by atoms with van der Waals surface area (Å²) >= 11 is 0. The van der Waals surface area contributed by atoms with E-state index in [0.717, 1.165) is 5.56 Å². The number of carboxylic acids is 1. The highest BCUT2D eigenvalue weighted by atomic mass is 16.4. The van der Waals surface area contributed by atoms with Crippen molar-refractivity contribution < 1.29 is 23.9 Å². The monoisotopic (exact) mass is 356 g/mol. The van der Waals surface area contributed by atoms with Gasteiger partial charge < -0.3 is 19.7 Å². The molecule has 1 aromatic carbocycles. The highest BCUT2D eigenvalue weighted by molar-refractivity contribution is 6.04. The highest BCUT2D eigenvalue weighted by Gasteiger charge is 2.37. The van der Waals surface area contributed by atoms with E-state index in [4.69, 9.17) is 4.42 Å². The Kier molecular flexibility index (Phi) is 4.79. The number of carboxylic acid groups (broad SMARTS) is 1. The van der Waals surface area contributed by atoms with Gasteiger partial charge >= 0.3 is 5.97 Å². The lowest BCUT2D eigenvalue weighted by atomic mass is 9.99. The number of aryl methyl sites for hydroxylation is 1. The van der Waals surface area contributed by atoms with Crippen molar-refractivity contribution in [2.75, 3.05) is 18.4 Å². The molecule has 7 heteroatoms. The standard InChI is InChI=1S/C19H20N2O5/c1-11-5-6-13(8-15(11)20-17(22)16-4-3-7-26-16)18(23)21-9-12(2)14(10-21)19(24)25/h3-8,12,14H,9-10H2,1-2H3,(H,20,22)(H,24,25)/t12-,14-/m1/s1. The van der Waals surface area contributed by atoms with E-state index in [-0.39, 0.29) is 24.1 Å². The number of furan rings is 1. The molecule has 0 bridgehead atoms. The van der Waals surface area contributed by atoms with Crippen LogP contribution >= 0.6 is 0 Å². The number of anilines is 1. The Labute approximate surface area is 150 Å². The number of nitrogens with zero attached hydrogens (tertiary/aromatic N) is 1. The molecule has 136 valence electrons. The van der Waals surface area contributed by atoms with Crippen LogP contribution in [0.2, 0.25) is 0 Å². The minimum absolute atomic E-state index is 0.0972. The van der Waals surface area contributed by atoms with E-state index < -0.39 is 17.8 Å². The van der Waals surface area contributed by atoms with Crippen molar-refractivity contribution in [1.29, 1.82) is 0 Å². The molecule has 2 N–H and O–H groups in total. The molecule has 2 heterocycles. The first-order chi connectivity index (χ1) is 12.4. The van der Waals surface area contributed by atoms with Crippen LogP contribution in [0.15, 0.2) is 41.0 Å². The maximum Gasteiger partial charge on any atom is 0.308 e. The Balaban J connectivity index is 1.78. The van der Waals surface area contributed by atoms with Gasteiger partial charge in [-0.2, -0.15) is 0 Å². The Morgan fingerprint density at radius 2 is 2.00 bits per heavy atom. The quantitative estimate of drug-likeness (QED) is 0.877.